The third-order valence-corrected chi connectivity index (χ3v) is 3.78. The number of nitrogens with zero attached hydrogens (tertiary/aromatic N) is 1. The largest absolute Gasteiger partial charge is 0.347 e. The van der Waals surface area contributed by atoms with Crippen LogP contribution in [-0.2, 0) is 16.0 Å². The molecule has 22 heavy (non-hydrogen) atoms. The molecule has 0 atom stereocenters. The van der Waals surface area contributed by atoms with Crippen molar-refractivity contribution >= 4 is 22.6 Å². The molecule has 2 aromatic carbocycles. The first-order valence-corrected chi connectivity index (χ1v) is 7.66. The lowest BCUT2D eigenvalue weighted by Crippen LogP contribution is -2.40. The first-order valence-electron chi connectivity index (χ1n) is 7.66. The van der Waals surface area contributed by atoms with E-state index < -0.39 is 0 Å². The number of hydrogen-bond donors (Lipinski definition) is 1. The molecule has 0 heterocycles. The number of carbonyl (C=O) groups excluding carboxylic acids is 2. The van der Waals surface area contributed by atoms with Gasteiger partial charge < -0.3 is 10.2 Å². The monoisotopic (exact) mass is 298 g/mol. The van der Waals surface area contributed by atoms with Crippen LogP contribution in [0.3, 0.4) is 0 Å². The highest BCUT2D eigenvalue weighted by Crippen LogP contribution is 2.18. The molecule has 0 fully saturated rings. The summed E-state index contributed by atoms with van der Waals surface area (Å²) >= 11 is 0. The second-order valence-electron chi connectivity index (χ2n) is 5.16. The van der Waals surface area contributed by atoms with Crippen LogP contribution in [0.1, 0.15) is 19.4 Å². The summed E-state index contributed by atoms with van der Waals surface area (Å²) in [6.45, 7) is 5.24. The SMILES string of the molecule is CCN(CC)C(=O)CNC(=O)Cc1cccc2ccccc12. The highest BCUT2D eigenvalue weighted by atomic mass is 16.2. The zero-order valence-electron chi connectivity index (χ0n) is 13.1. The fourth-order valence-corrected chi connectivity index (χ4v) is 2.54. The quantitative estimate of drug-likeness (QED) is 0.890. The Bertz CT molecular complexity index is 658. The Morgan fingerprint density at radius 3 is 2.41 bits per heavy atom. The van der Waals surface area contributed by atoms with Gasteiger partial charge in [0, 0.05) is 13.1 Å². The molecule has 4 heteroatoms. The van der Waals surface area contributed by atoms with Gasteiger partial charge in [-0.15, -0.1) is 0 Å². The molecule has 0 bridgehead atoms. The summed E-state index contributed by atoms with van der Waals surface area (Å²) in [5, 5.41) is 4.91. The summed E-state index contributed by atoms with van der Waals surface area (Å²) < 4.78 is 0. The van der Waals surface area contributed by atoms with Crippen LogP contribution in [0.4, 0.5) is 0 Å². The standard InChI is InChI=1S/C18H22N2O2/c1-3-20(4-2)18(22)13-19-17(21)12-15-10-7-9-14-8-5-6-11-16(14)15/h5-11H,3-4,12-13H2,1-2H3,(H,19,21). The summed E-state index contributed by atoms with van der Waals surface area (Å²) in [7, 11) is 0. The smallest absolute Gasteiger partial charge is 0.241 e. The fourth-order valence-electron chi connectivity index (χ4n) is 2.54. The average molecular weight is 298 g/mol. The van der Waals surface area contributed by atoms with Crippen LogP contribution in [0.15, 0.2) is 42.5 Å². The van der Waals surface area contributed by atoms with Crippen molar-refractivity contribution in [3.05, 3.63) is 48.0 Å². The van der Waals surface area contributed by atoms with Crippen molar-refractivity contribution in [2.45, 2.75) is 20.3 Å². The van der Waals surface area contributed by atoms with E-state index in [1.807, 2.05) is 56.3 Å². The third-order valence-electron chi connectivity index (χ3n) is 3.78. The normalized spacial score (nSPS) is 10.5. The maximum Gasteiger partial charge on any atom is 0.241 e. The summed E-state index contributed by atoms with van der Waals surface area (Å²) in [5.41, 5.74) is 0.978. The van der Waals surface area contributed by atoms with Gasteiger partial charge in [0.2, 0.25) is 11.8 Å². The van der Waals surface area contributed by atoms with E-state index in [-0.39, 0.29) is 24.8 Å². The van der Waals surface area contributed by atoms with E-state index in [1.54, 1.807) is 4.90 Å². The molecule has 0 unspecified atom stereocenters. The molecule has 0 aliphatic carbocycles. The van der Waals surface area contributed by atoms with E-state index >= 15 is 0 Å². The molecule has 2 rings (SSSR count). The minimum Gasteiger partial charge on any atom is -0.347 e. The Morgan fingerprint density at radius 2 is 1.68 bits per heavy atom. The van der Waals surface area contributed by atoms with Gasteiger partial charge in [0.15, 0.2) is 0 Å². The lowest BCUT2D eigenvalue weighted by molar-refractivity contribution is -0.132. The number of fused-ring (bicyclic) bond motifs is 1. The number of rotatable bonds is 6. The van der Waals surface area contributed by atoms with Crippen molar-refractivity contribution in [2.24, 2.45) is 0 Å². The maximum atomic E-state index is 12.1. The number of carbonyl (C=O) groups is 2. The van der Waals surface area contributed by atoms with Crippen LogP contribution < -0.4 is 5.32 Å². The number of benzene rings is 2. The molecule has 1 N–H and O–H groups in total. The Morgan fingerprint density at radius 1 is 1.00 bits per heavy atom. The molecule has 4 nitrogen and oxygen atoms in total. The minimum absolute atomic E-state index is 0.0451. The molecular formula is C18H22N2O2. The van der Waals surface area contributed by atoms with Gasteiger partial charge >= 0.3 is 0 Å². The second-order valence-corrected chi connectivity index (χ2v) is 5.16. The fraction of sp³-hybridized carbons (Fsp3) is 0.333. The Hall–Kier alpha value is -2.36. The van der Waals surface area contributed by atoms with Crippen molar-refractivity contribution in [2.75, 3.05) is 19.6 Å². The Kier molecular flexibility index (Phi) is 5.53. The number of nitrogens with one attached hydrogen (secondary N) is 1. The van der Waals surface area contributed by atoms with Gasteiger partial charge in [0.25, 0.3) is 0 Å². The van der Waals surface area contributed by atoms with Crippen LogP contribution in [0, 0.1) is 0 Å². The van der Waals surface area contributed by atoms with E-state index in [2.05, 4.69) is 5.32 Å². The Balaban J connectivity index is 1.98. The number of likely N-dealkylation sites (N-methyl/N-ethyl adjacent to an activating group) is 1. The van der Waals surface area contributed by atoms with E-state index in [0.29, 0.717) is 13.1 Å². The molecule has 0 saturated heterocycles. The van der Waals surface area contributed by atoms with Gasteiger partial charge in [-0.05, 0) is 30.2 Å². The number of amides is 2. The first kappa shape index (κ1) is 16.0. The molecule has 0 radical (unpaired) electrons. The highest BCUT2D eigenvalue weighted by molar-refractivity contribution is 5.91. The summed E-state index contributed by atoms with van der Waals surface area (Å²) in [6, 6.07) is 13.9. The maximum absolute atomic E-state index is 12.1. The molecule has 0 saturated carbocycles. The predicted molar refractivity (Wildman–Crippen MR) is 88.6 cm³/mol. The van der Waals surface area contributed by atoms with Gasteiger partial charge in [0.05, 0.1) is 13.0 Å². The zero-order valence-corrected chi connectivity index (χ0v) is 13.1. The lowest BCUT2D eigenvalue weighted by Gasteiger charge is -2.18. The van der Waals surface area contributed by atoms with E-state index in [1.165, 1.54) is 0 Å². The predicted octanol–water partition coefficient (Wildman–Crippen LogP) is 2.37. The molecule has 0 aliphatic heterocycles. The lowest BCUT2D eigenvalue weighted by atomic mass is 10.0. The van der Waals surface area contributed by atoms with E-state index in [0.717, 1.165) is 16.3 Å². The molecule has 0 spiro atoms. The van der Waals surface area contributed by atoms with Crippen molar-refractivity contribution < 1.29 is 9.59 Å². The van der Waals surface area contributed by atoms with Gasteiger partial charge in [-0.1, -0.05) is 42.5 Å². The van der Waals surface area contributed by atoms with Gasteiger partial charge in [-0.3, -0.25) is 9.59 Å². The first-order chi connectivity index (χ1) is 10.7. The van der Waals surface area contributed by atoms with Gasteiger partial charge in [-0.25, -0.2) is 0 Å². The highest BCUT2D eigenvalue weighted by Gasteiger charge is 2.12. The van der Waals surface area contributed by atoms with Crippen LogP contribution in [0.2, 0.25) is 0 Å². The van der Waals surface area contributed by atoms with Gasteiger partial charge in [-0.2, -0.15) is 0 Å². The van der Waals surface area contributed by atoms with Gasteiger partial charge in [0.1, 0.15) is 0 Å². The molecular weight excluding hydrogens is 276 g/mol. The van der Waals surface area contributed by atoms with Crippen LogP contribution in [-0.4, -0.2) is 36.3 Å². The van der Waals surface area contributed by atoms with Crippen LogP contribution in [0.5, 0.6) is 0 Å². The molecule has 2 aromatic rings. The average Bonchev–Trinajstić information content (AvgIpc) is 2.54. The Labute approximate surface area is 131 Å². The van der Waals surface area contributed by atoms with Crippen molar-refractivity contribution in [1.29, 1.82) is 0 Å². The zero-order chi connectivity index (χ0) is 15.9. The topological polar surface area (TPSA) is 49.4 Å². The molecule has 0 aromatic heterocycles. The molecule has 2 amide bonds. The third kappa shape index (κ3) is 3.85. The van der Waals surface area contributed by atoms with Crippen LogP contribution in [0.25, 0.3) is 10.8 Å². The van der Waals surface area contributed by atoms with Crippen molar-refractivity contribution in [3.63, 3.8) is 0 Å². The summed E-state index contributed by atoms with van der Waals surface area (Å²) in [4.78, 5) is 25.7. The minimum atomic E-state index is -0.128. The summed E-state index contributed by atoms with van der Waals surface area (Å²) in [6.07, 6.45) is 0.285. The van der Waals surface area contributed by atoms with Crippen LogP contribution >= 0.6 is 0 Å². The van der Waals surface area contributed by atoms with Crippen molar-refractivity contribution in [3.8, 4) is 0 Å². The second kappa shape index (κ2) is 7.59. The summed E-state index contributed by atoms with van der Waals surface area (Å²) in [5.74, 6) is -0.173. The molecule has 0 aliphatic rings. The molecule has 116 valence electrons. The van der Waals surface area contributed by atoms with E-state index in [9.17, 15) is 9.59 Å². The number of hydrogen-bond acceptors (Lipinski definition) is 2. The van der Waals surface area contributed by atoms with Crippen molar-refractivity contribution in [1.82, 2.24) is 10.2 Å². The van der Waals surface area contributed by atoms with E-state index in [4.69, 9.17) is 0 Å².